The van der Waals surface area contributed by atoms with Gasteiger partial charge in [0.2, 0.25) is 0 Å². The lowest BCUT2D eigenvalue weighted by Crippen LogP contribution is -2.31. The number of hydrogen-bond acceptors (Lipinski definition) is 2. The zero-order valence-corrected chi connectivity index (χ0v) is 11.3. The van der Waals surface area contributed by atoms with Gasteiger partial charge in [-0.25, -0.2) is 0 Å². The van der Waals surface area contributed by atoms with Crippen molar-refractivity contribution in [2.24, 2.45) is 5.41 Å². The molecule has 2 heteroatoms. The monoisotopic (exact) mass is 244 g/mol. The minimum Gasteiger partial charge on any atom is -0.399 e. The summed E-state index contributed by atoms with van der Waals surface area (Å²) in [5.74, 6) is 0. The Morgan fingerprint density at radius 2 is 2.11 bits per heavy atom. The number of benzene rings is 1. The van der Waals surface area contributed by atoms with Crippen molar-refractivity contribution in [1.29, 1.82) is 0 Å². The van der Waals surface area contributed by atoms with Crippen molar-refractivity contribution < 1.29 is 0 Å². The van der Waals surface area contributed by atoms with Gasteiger partial charge in [0.25, 0.3) is 0 Å². The molecular formula is C16H24N2. The molecule has 1 atom stereocenters. The van der Waals surface area contributed by atoms with Crippen molar-refractivity contribution in [2.45, 2.75) is 51.5 Å². The Morgan fingerprint density at radius 1 is 1.33 bits per heavy atom. The smallest absolute Gasteiger partial charge is 0.0326 e. The fraction of sp³-hybridized carbons (Fsp3) is 0.625. The molecule has 2 aliphatic carbocycles. The maximum absolute atomic E-state index is 5.85. The second kappa shape index (κ2) is 4.58. The van der Waals surface area contributed by atoms with Gasteiger partial charge in [-0.3, -0.25) is 0 Å². The third-order valence-electron chi connectivity index (χ3n) is 4.83. The highest BCUT2D eigenvalue weighted by Gasteiger charge is 2.30. The molecular weight excluding hydrogens is 220 g/mol. The first-order valence-electron chi connectivity index (χ1n) is 7.28. The normalized spacial score (nSPS) is 25.3. The Kier molecular flexibility index (Phi) is 3.06. The largest absolute Gasteiger partial charge is 0.399 e. The van der Waals surface area contributed by atoms with Crippen LogP contribution in [-0.2, 0) is 6.42 Å². The molecule has 2 nitrogen and oxygen atoms in total. The number of rotatable bonds is 3. The maximum Gasteiger partial charge on any atom is 0.0326 e. The molecule has 0 aromatic heterocycles. The van der Waals surface area contributed by atoms with E-state index in [1.807, 2.05) is 6.07 Å². The number of nitrogens with one attached hydrogen (secondary N) is 1. The van der Waals surface area contributed by atoms with E-state index in [1.165, 1.54) is 56.2 Å². The molecule has 98 valence electrons. The van der Waals surface area contributed by atoms with Crippen LogP contribution in [0.5, 0.6) is 0 Å². The fourth-order valence-electron chi connectivity index (χ4n) is 3.62. The molecule has 0 amide bonds. The molecule has 0 heterocycles. The lowest BCUT2D eigenvalue weighted by Gasteiger charge is -2.26. The van der Waals surface area contributed by atoms with E-state index < -0.39 is 0 Å². The van der Waals surface area contributed by atoms with Gasteiger partial charge in [0.15, 0.2) is 0 Å². The molecule has 1 unspecified atom stereocenters. The summed E-state index contributed by atoms with van der Waals surface area (Å²) in [4.78, 5) is 0. The maximum atomic E-state index is 5.85. The van der Waals surface area contributed by atoms with Gasteiger partial charge in [0.1, 0.15) is 0 Å². The van der Waals surface area contributed by atoms with Crippen LogP contribution in [0.25, 0.3) is 0 Å². The summed E-state index contributed by atoms with van der Waals surface area (Å²) in [5.41, 5.74) is 10.2. The van der Waals surface area contributed by atoms with E-state index in [9.17, 15) is 0 Å². The molecule has 0 aliphatic heterocycles. The summed E-state index contributed by atoms with van der Waals surface area (Å²) in [7, 11) is 0. The van der Waals surface area contributed by atoms with E-state index in [-0.39, 0.29) is 0 Å². The minimum atomic E-state index is 0.538. The molecule has 0 bridgehead atoms. The van der Waals surface area contributed by atoms with E-state index in [0.717, 1.165) is 5.69 Å². The van der Waals surface area contributed by atoms with E-state index >= 15 is 0 Å². The van der Waals surface area contributed by atoms with Gasteiger partial charge in [-0.15, -0.1) is 0 Å². The van der Waals surface area contributed by atoms with Crippen molar-refractivity contribution >= 4 is 5.69 Å². The molecule has 1 aromatic rings. The van der Waals surface area contributed by atoms with Crippen LogP contribution in [0.15, 0.2) is 18.2 Å². The highest BCUT2D eigenvalue weighted by Crippen LogP contribution is 2.38. The molecule has 0 spiro atoms. The summed E-state index contributed by atoms with van der Waals surface area (Å²) in [5, 5.41) is 3.80. The summed E-state index contributed by atoms with van der Waals surface area (Å²) < 4.78 is 0. The van der Waals surface area contributed by atoms with Crippen molar-refractivity contribution in [3.8, 4) is 0 Å². The lowest BCUT2D eigenvalue weighted by molar-refractivity contribution is 0.297. The third kappa shape index (κ3) is 2.26. The summed E-state index contributed by atoms with van der Waals surface area (Å²) in [6, 6.07) is 6.95. The third-order valence-corrected chi connectivity index (χ3v) is 4.83. The molecule has 0 saturated heterocycles. The zero-order valence-electron chi connectivity index (χ0n) is 11.3. The Hall–Kier alpha value is -1.02. The number of hydrogen-bond donors (Lipinski definition) is 2. The van der Waals surface area contributed by atoms with Crippen LogP contribution in [0.4, 0.5) is 5.69 Å². The van der Waals surface area contributed by atoms with E-state index in [4.69, 9.17) is 5.73 Å². The van der Waals surface area contributed by atoms with Crippen LogP contribution in [-0.4, -0.2) is 6.54 Å². The van der Waals surface area contributed by atoms with Crippen molar-refractivity contribution in [3.05, 3.63) is 29.3 Å². The second-order valence-electron chi connectivity index (χ2n) is 6.45. The number of nitrogen functional groups attached to an aromatic ring is 1. The first-order chi connectivity index (χ1) is 8.66. The second-order valence-corrected chi connectivity index (χ2v) is 6.45. The SMILES string of the molecule is CC1(CNC2CCc3cc(N)ccc32)CCCC1. The Labute approximate surface area is 110 Å². The van der Waals surface area contributed by atoms with Gasteiger partial charge in [-0.2, -0.15) is 0 Å². The predicted octanol–water partition coefficient (Wildman–Crippen LogP) is 3.43. The van der Waals surface area contributed by atoms with Crippen LogP contribution in [0, 0.1) is 5.41 Å². The first kappa shape index (κ1) is 12.0. The van der Waals surface area contributed by atoms with Crippen LogP contribution in [0.1, 0.15) is 56.2 Å². The standard InChI is InChI=1S/C16H24N2/c1-16(8-2-3-9-16)11-18-15-7-4-12-10-13(17)5-6-14(12)15/h5-6,10,15,18H,2-4,7-9,11,17H2,1H3. The van der Waals surface area contributed by atoms with Crippen LogP contribution < -0.4 is 11.1 Å². The Morgan fingerprint density at radius 3 is 2.89 bits per heavy atom. The highest BCUT2D eigenvalue weighted by atomic mass is 14.9. The first-order valence-corrected chi connectivity index (χ1v) is 7.28. The lowest BCUT2D eigenvalue weighted by atomic mass is 9.88. The highest BCUT2D eigenvalue weighted by molar-refractivity contribution is 5.47. The van der Waals surface area contributed by atoms with Crippen LogP contribution in [0.2, 0.25) is 0 Å². The average molecular weight is 244 g/mol. The molecule has 1 saturated carbocycles. The molecule has 1 fully saturated rings. The number of fused-ring (bicyclic) bond motifs is 1. The van der Waals surface area contributed by atoms with Crippen molar-refractivity contribution in [3.63, 3.8) is 0 Å². The zero-order chi connectivity index (χ0) is 12.6. The number of nitrogens with two attached hydrogens (primary N) is 1. The molecule has 2 aliphatic rings. The Balaban J connectivity index is 1.66. The van der Waals surface area contributed by atoms with Crippen LogP contribution >= 0.6 is 0 Å². The van der Waals surface area contributed by atoms with Gasteiger partial charge in [0.05, 0.1) is 0 Å². The quantitative estimate of drug-likeness (QED) is 0.799. The van der Waals surface area contributed by atoms with Gasteiger partial charge in [0, 0.05) is 18.3 Å². The van der Waals surface area contributed by atoms with Crippen LogP contribution in [0.3, 0.4) is 0 Å². The Bertz CT molecular complexity index is 433. The molecule has 3 N–H and O–H groups in total. The van der Waals surface area contributed by atoms with Crippen molar-refractivity contribution in [1.82, 2.24) is 5.32 Å². The van der Waals surface area contributed by atoms with Crippen molar-refractivity contribution in [2.75, 3.05) is 12.3 Å². The summed E-state index contributed by atoms with van der Waals surface area (Å²) in [6.45, 7) is 3.60. The molecule has 0 radical (unpaired) electrons. The van der Waals surface area contributed by atoms with E-state index in [1.54, 1.807) is 0 Å². The average Bonchev–Trinajstić information content (AvgIpc) is 2.93. The van der Waals surface area contributed by atoms with Gasteiger partial charge < -0.3 is 11.1 Å². The molecule has 1 aromatic carbocycles. The van der Waals surface area contributed by atoms with Gasteiger partial charge in [-0.05, 0) is 54.4 Å². The topological polar surface area (TPSA) is 38.0 Å². The minimum absolute atomic E-state index is 0.538. The predicted molar refractivity (Wildman–Crippen MR) is 76.5 cm³/mol. The molecule has 18 heavy (non-hydrogen) atoms. The summed E-state index contributed by atoms with van der Waals surface area (Å²) >= 11 is 0. The summed E-state index contributed by atoms with van der Waals surface area (Å²) in [6.07, 6.45) is 8.01. The number of aryl methyl sites for hydroxylation is 1. The van der Waals surface area contributed by atoms with Gasteiger partial charge >= 0.3 is 0 Å². The molecule has 3 rings (SSSR count). The van der Waals surface area contributed by atoms with Gasteiger partial charge in [-0.1, -0.05) is 25.8 Å². The van der Waals surface area contributed by atoms with E-state index in [0.29, 0.717) is 11.5 Å². The van der Waals surface area contributed by atoms with E-state index in [2.05, 4.69) is 24.4 Å². The number of anilines is 1. The fourth-order valence-corrected chi connectivity index (χ4v) is 3.62.